The Morgan fingerprint density at radius 3 is 2.48 bits per heavy atom. The highest BCUT2D eigenvalue weighted by atomic mass is 35.5. The van der Waals surface area contributed by atoms with E-state index in [1.165, 1.54) is 35.1 Å². The second kappa shape index (κ2) is 8.70. The van der Waals surface area contributed by atoms with Crippen LogP contribution in [-0.2, 0) is 11.3 Å². The highest BCUT2D eigenvalue weighted by Gasteiger charge is 2.55. The topological polar surface area (TPSA) is 51.0 Å². The number of carbonyl (C=O) groups is 1. The Morgan fingerprint density at radius 1 is 1.15 bits per heavy atom. The number of fused-ring (bicyclic) bond motifs is 1. The smallest absolute Gasteiger partial charge is 0.235 e. The standard InChI is InChI=1S/C26H32N4OS.ClH/c1-17-8-18(2)23-22(9-17)28-25(32-23)30(6-3-5-29-7-4-27-16-29)24(31)26-13-19-10-20(14-26)12-21(11-19)15-26;/h4,7-9,16,19-21H,3,5-6,10-15H2,1-2H3;1H. The molecule has 3 aromatic rings. The number of rotatable bonds is 6. The van der Waals surface area contributed by atoms with Crippen LogP contribution in [0, 0.1) is 37.0 Å². The third kappa shape index (κ3) is 4.10. The molecule has 33 heavy (non-hydrogen) atoms. The molecule has 7 rings (SSSR count). The zero-order valence-electron chi connectivity index (χ0n) is 19.5. The molecular formula is C26H33ClN4OS. The van der Waals surface area contributed by atoms with Crippen LogP contribution in [0.25, 0.3) is 10.2 Å². The maximum atomic E-state index is 14.3. The van der Waals surface area contributed by atoms with Crippen molar-refractivity contribution in [2.24, 2.45) is 23.2 Å². The van der Waals surface area contributed by atoms with Crippen molar-refractivity contribution < 1.29 is 4.79 Å². The lowest BCUT2D eigenvalue weighted by atomic mass is 9.49. The summed E-state index contributed by atoms with van der Waals surface area (Å²) in [6, 6.07) is 4.37. The Labute approximate surface area is 206 Å². The van der Waals surface area contributed by atoms with Crippen molar-refractivity contribution in [1.29, 1.82) is 0 Å². The number of aromatic nitrogens is 3. The number of halogens is 1. The van der Waals surface area contributed by atoms with Crippen molar-refractivity contribution in [3.8, 4) is 0 Å². The molecule has 0 saturated heterocycles. The molecule has 2 heterocycles. The fraction of sp³-hybridized carbons (Fsp3) is 0.577. The first-order chi connectivity index (χ1) is 15.5. The highest BCUT2D eigenvalue weighted by Crippen LogP contribution is 2.60. The number of benzene rings is 1. The summed E-state index contributed by atoms with van der Waals surface area (Å²) in [7, 11) is 0. The van der Waals surface area contributed by atoms with Gasteiger partial charge in [-0.3, -0.25) is 9.69 Å². The van der Waals surface area contributed by atoms with Gasteiger partial charge in [0.15, 0.2) is 5.13 Å². The summed E-state index contributed by atoms with van der Waals surface area (Å²) < 4.78 is 3.31. The van der Waals surface area contributed by atoms with Gasteiger partial charge in [0.25, 0.3) is 0 Å². The largest absolute Gasteiger partial charge is 0.337 e. The molecule has 4 aliphatic rings. The maximum absolute atomic E-state index is 14.3. The van der Waals surface area contributed by atoms with E-state index in [1.807, 2.05) is 18.7 Å². The van der Waals surface area contributed by atoms with Crippen molar-refractivity contribution in [2.45, 2.75) is 65.3 Å². The van der Waals surface area contributed by atoms with Gasteiger partial charge in [-0.2, -0.15) is 0 Å². The van der Waals surface area contributed by atoms with Crippen molar-refractivity contribution in [3.63, 3.8) is 0 Å². The monoisotopic (exact) mass is 484 g/mol. The fourth-order valence-electron chi connectivity index (χ4n) is 7.25. The zero-order chi connectivity index (χ0) is 21.9. The lowest BCUT2D eigenvalue weighted by molar-refractivity contribution is -0.143. The average molecular weight is 485 g/mol. The van der Waals surface area contributed by atoms with Gasteiger partial charge in [-0.05, 0) is 93.7 Å². The third-order valence-corrected chi connectivity index (χ3v) is 9.36. The summed E-state index contributed by atoms with van der Waals surface area (Å²) in [4.78, 5) is 25.5. The molecule has 0 unspecified atom stereocenters. The van der Waals surface area contributed by atoms with Gasteiger partial charge in [-0.1, -0.05) is 17.4 Å². The van der Waals surface area contributed by atoms with Crippen LogP contribution >= 0.6 is 23.7 Å². The molecular weight excluding hydrogens is 452 g/mol. The molecule has 2 aromatic heterocycles. The van der Waals surface area contributed by atoms with Gasteiger partial charge in [0, 0.05) is 25.5 Å². The van der Waals surface area contributed by atoms with Crippen LogP contribution in [0.1, 0.15) is 56.1 Å². The molecule has 1 amide bonds. The molecule has 4 bridgehead atoms. The molecule has 176 valence electrons. The van der Waals surface area contributed by atoms with Gasteiger partial charge < -0.3 is 4.57 Å². The van der Waals surface area contributed by atoms with Gasteiger partial charge in [0.05, 0.1) is 22.0 Å². The zero-order valence-corrected chi connectivity index (χ0v) is 21.1. The molecule has 0 spiro atoms. The predicted molar refractivity (Wildman–Crippen MR) is 136 cm³/mol. The summed E-state index contributed by atoms with van der Waals surface area (Å²) in [5.41, 5.74) is 3.36. The van der Waals surface area contributed by atoms with E-state index in [2.05, 4.69) is 40.4 Å². The quantitative estimate of drug-likeness (QED) is 0.420. The lowest BCUT2D eigenvalue weighted by Gasteiger charge is -2.56. The predicted octanol–water partition coefficient (Wildman–Crippen LogP) is 6.17. The minimum absolute atomic E-state index is 0. The van der Waals surface area contributed by atoms with Gasteiger partial charge in [0.2, 0.25) is 5.91 Å². The summed E-state index contributed by atoms with van der Waals surface area (Å²) in [6.07, 6.45) is 13.9. The minimum Gasteiger partial charge on any atom is -0.337 e. The van der Waals surface area contributed by atoms with E-state index in [1.54, 1.807) is 11.3 Å². The average Bonchev–Trinajstić information content (AvgIpc) is 3.39. The van der Waals surface area contributed by atoms with Crippen LogP contribution in [0.15, 0.2) is 30.9 Å². The number of nitrogens with zero attached hydrogens (tertiary/aromatic N) is 4. The van der Waals surface area contributed by atoms with Crippen molar-refractivity contribution in [1.82, 2.24) is 14.5 Å². The lowest BCUT2D eigenvalue weighted by Crippen LogP contribution is -2.55. The molecule has 0 aliphatic heterocycles. The Hall–Kier alpha value is -1.92. The Balaban J connectivity index is 0.00000228. The number of aryl methyl sites for hydroxylation is 3. The minimum atomic E-state index is -0.146. The number of anilines is 1. The molecule has 4 aliphatic carbocycles. The van der Waals surface area contributed by atoms with Crippen molar-refractivity contribution in [2.75, 3.05) is 11.4 Å². The van der Waals surface area contributed by atoms with Gasteiger partial charge in [-0.25, -0.2) is 9.97 Å². The van der Waals surface area contributed by atoms with Crippen LogP contribution in [0.5, 0.6) is 0 Å². The van der Waals surface area contributed by atoms with E-state index in [4.69, 9.17) is 4.98 Å². The van der Waals surface area contributed by atoms with E-state index in [9.17, 15) is 4.79 Å². The van der Waals surface area contributed by atoms with E-state index in [-0.39, 0.29) is 17.8 Å². The van der Waals surface area contributed by atoms with E-state index in [0.717, 1.165) is 67.2 Å². The van der Waals surface area contributed by atoms with Gasteiger partial charge in [-0.15, -0.1) is 12.4 Å². The Bertz CT molecular complexity index is 1120. The van der Waals surface area contributed by atoms with Crippen LogP contribution < -0.4 is 4.90 Å². The summed E-state index contributed by atoms with van der Waals surface area (Å²) in [6.45, 7) is 5.86. The highest BCUT2D eigenvalue weighted by molar-refractivity contribution is 7.22. The van der Waals surface area contributed by atoms with Crippen molar-refractivity contribution >= 4 is 45.0 Å². The number of amides is 1. The Morgan fingerprint density at radius 2 is 1.85 bits per heavy atom. The first-order valence-corrected chi connectivity index (χ1v) is 13.0. The molecule has 4 saturated carbocycles. The second-order valence-electron chi connectivity index (χ2n) is 10.7. The number of imidazole rings is 1. The molecule has 7 heteroatoms. The number of carbonyl (C=O) groups excluding carboxylic acids is 1. The summed E-state index contributed by atoms with van der Waals surface area (Å²) in [5.74, 6) is 2.64. The summed E-state index contributed by atoms with van der Waals surface area (Å²) in [5, 5.41) is 0.889. The first kappa shape index (κ1) is 22.9. The van der Waals surface area contributed by atoms with Crippen LogP contribution in [-0.4, -0.2) is 27.0 Å². The molecule has 0 atom stereocenters. The third-order valence-electron chi connectivity index (χ3n) is 8.13. The fourth-order valence-corrected chi connectivity index (χ4v) is 8.29. The molecule has 5 nitrogen and oxygen atoms in total. The molecule has 0 radical (unpaired) electrons. The number of hydrogen-bond acceptors (Lipinski definition) is 4. The van der Waals surface area contributed by atoms with E-state index >= 15 is 0 Å². The molecule has 0 N–H and O–H groups in total. The SMILES string of the molecule is Cc1cc(C)c2sc(N(CCCn3ccnc3)C(=O)C34CC5CC(CC(C5)C3)C4)nc2c1.Cl. The maximum Gasteiger partial charge on any atom is 0.235 e. The Kier molecular flexibility index (Phi) is 6.02. The van der Waals surface area contributed by atoms with Gasteiger partial charge in [0.1, 0.15) is 0 Å². The molecule has 1 aromatic carbocycles. The van der Waals surface area contributed by atoms with Crippen LogP contribution in [0.4, 0.5) is 5.13 Å². The summed E-state index contributed by atoms with van der Waals surface area (Å²) >= 11 is 1.70. The molecule has 4 fully saturated rings. The van der Waals surface area contributed by atoms with Gasteiger partial charge >= 0.3 is 0 Å². The normalized spacial score (nSPS) is 27.6. The second-order valence-corrected chi connectivity index (χ2v) is 11.7. The number of thiazole rings is 1. The number of hydrogen-bond donors (Lipinski definition) is 0. The van der Waals surface area contributed by atoms with Crippen molar-refractivity contribution in [3.05, 3.63) is 42.0 Å². The first-order valence-electron chi connectivity index (χ1n) is 12.1. The van der Waals surface area contributed by atoms with Crippen LogP contribution in [0.2, 0.25) is 0 Å². The van der Waals surface area contributed by atoms with Crippen LogP contribution in [0.3, 0.4) is 0 Å². The van der Waals surface area contributed by atoms with E-state index in [0.29, 0.717) is 5.91 Å². The van der Waals surface area contributed by atoms with E-state index < -0.39 is 0 Å².